The van der Waals surface area contributed by atoms with E-state index in [4.69, 9.17) is 17.0 Å². The Morgan fingerprint density at radius 3 is 2.64 bits per heavy atom. The van der Waals surface area contributed by atoms with Crippen LogP contribution in [0.15, 0.2) is 60.8 Å². The molecule has 5 heteroatoms. The molecule has 0 aromatic heterocycles. The Hall–Kier alpha value is -2.11. The summed E-state index contributed by atoms with van der Waals surface area (Å²) in [7, 11) is 0. The molecule has 1 aliphatic heterocycles. The summed E-state index contributed by atoms with van der Waals surface area (Å²) in [5.41, 5.74) is 2.99. The number of fused-ring (bicyclic) bond motifs is 1. The average molecular weight is 370 g/mol. The van der Waals surface area contributed by atoms with E-state index in [0.717, 1.165) is 11.1 Å². The third-order valence-electron chi connectivity index (χ3n) is 3.90. The minimum atomic E-state index is -0.0760. The Kier molecular flexibility index (Phi) is 5.89. The Labute approximate surface area is 157 Å². The molecule has 3 rings (SSSR count). The first-order valence-electron chi connectivity index (χ1n) is 8.13. The number of benzene rings is 2. The van der Waals surface area contributed by atoms with E-state index in [-0.39, 0.29) is 11.2 Å². The van der Waals surface area contributed by atoms with Crippen LogP contribution in [0.4, 0.5) is 0 Å². The summed E-state index contributed by atoms with van der Waals surface area (Å²) in [5.74, 6) is 0.0811. The lowest BCUT2D eigenvalue weighted by Gasteiger charge is -2.33. The second-order valence-corrected chi connectivity index (χ2v) is 7.24. The van der Waals surface area contributed by atoms with Crippen molar-refractivity contribution in [2.45, 2.75) is 12.3 Å². The summed E-state index contributed by atoms with van der Waals surface area (Å²) in [6.07, 6.45) is 4.00. The molecule has 3 nitrogen and oxygen atoms in total. The molecule has 2 aromatic rings. The molecule has 0 spiro atoms. The molecule has 25 heavy (non-hydrogen) atoms. The van der Waals surface area contributed by atoms with Crippen molar-refractivity contribution in [2.75, 3.05) is 13.2 Å². The fourth-order valence-electron chi connectivity index (χ4n) is 2.71. The van der Waals surface area contributed by atoms with E-state index in [0.29, 0.717) is 23.1 Å². The van der Waals surface area contributed by atoms with Gasteiger partial charge in [0.1, 0.15) is 5.37 Å². The number of ketones is 1. The number of carbonyl (C=O) groups is 1. The maximum atomic E-state index is 12.6. The number of thiocarbonyl (C=S) groups is 1. The Morgan fingerprint density at radius 1 is 1.16 bits per heavy atom. The smallest absolute Gasteiger partial charge is 0.222 e. The van der Waals surface area contributed by atoms with Gasteiger partial charge < -0.3 is 9.64 Å². The number of rotatable bonds is 5. The van der Waals surface area contributed by atoms with Crippen molar-refractivity contribution in [2.24, 2.45) is 0 Å². The molecule has 128 valence electrons. The predicted octanol–water partition coefficient (Wildman–Crippen LogP) is 4.91. The number of thioether (sulfide) groups is 1. The van der Waals surface area contributed by atoms with Crippen molar-refractivity contribution < 1.29 is 9.53 Å². The van der Waals surface area contributed by atoms with E-state index in [1.165, 1.54) is 11.8 Å². The van der Waals surface area contributed by atoms with E-state index < -0.39 is 0 Å². The lowest BCUT2D eigenvalue weighted by Crippen LogP contribution is -2.30. The van der Waals surface area contributed by atoms with Gasteiger partial charge in [0.2, 0.25) is 4.38 Å². The molecule has 0 fully saturated rings. The van der Waals surface area contributed by atoms with Gasteiger partial charge in [-0.05, 0) is 48.1 Å². The van der Waals surface area contributed by atoms with Gasteiger partial charge in [0.05, 0.1) is 13.2 Å². The molecule has 1 heterocycles. The van der Waals surface area contributed by atoms with Crippen molar-refractivity contribution in [1.29, 1.82) is 0 Å². The van der Waals surface area contributed by atoms with Crippen LogP contribution in [0.5, 0.6) is 0 Å². The number of hydrogen-bond acceptors (Lipinski definition) is 5. The van der Waals surface area contributed by atoms with Crippen LogP contribution in [0.2, 0.25) is 0 Å². The highest BCUT2D eigenvalue weighted by Crippen LogP contribution is 2.39. The lowest BCUT2D eigenvalue weighted by atomic mass is 10.0. The maximum Gasteiger partial charge on any atom is 0.222 e. The lowest BCUT2D eigenvalue weighted by molar-refractivity contribution is 0.0951. The fraction of sp³-hybridized carbons (Fsp3) is 0.200. The zero-order valence-corrected chi connectivity index (χ0v) is 15.6. The van der Waals surface area contributed by atoms with Gasteiger partial charge in [-0.1, -0.05) is 54.6 Å². The second-order valence-electron chi connectivity index (χ2n) is 5.56. The van der Waals surface area contributed by atoms with E-state index in [1.54, 1.807) is 0 Å². The molecular formula is C20H19NO2S2. The Morgan fingerprint density at radius 2 is 1.88 bits per heavy atom. The molecule has 0 N–H and O–H groups in total. The number of carbonyl (C=O) groups excluding carboxylic acids is 1. The minimum absolute atomic E-state index is 0.0760. The molecule has 2 aromatic carbocycles. The van der Waals surface area contributed by atoms with E-state index in [9.17, 15) is 4.79 Å². The summed E-state index contributed by atoms with van der Waals surface area (Å²) < 4.78 is 5.95. The first-order chi connectivity index (χ1) is 12.2. The Balaban J connectivity index is 1.84. The largest absolute Gasteiger partial charge is 0.479 e. The van der Waals surface area contributed by atoms with Crippen molar-refractivity contribution in [3.63, 3.8) is 0 Å². The normalized spacial score (nSPS) is 15.6. The van der Waals surface area contributed by atoms with Gasteiger partial charge in [-0.15, -0.1) is 0 Å². The third kappa shape index (κ3) is 4.30. The summed E-state index contributed by atoms with van der Waals surface area (Å²) in [6.45, 7) is 2.75. The Bertz CT molecular complexity index is 789. The fourth-order valence-corrected chi connectivity index (χ4v) is 4.09. The van der Waals surface area contributed by atoms with Crippen molar-refractivity contribution in [1.82, 2.24) is 4.90 Å². The van der Waals surface area contributed by atoms with Gasteiger partial charge in [0.25, 0.3) is 0 Å². The van der Waals surface area contributed by atoms with Crippen LogP contribution < -0.4 is 0 Å². The van der Waals surface area contributed by atoms with Crippen LogP contribution >= 0.6 is 24.0 Å². The van der Waals surface area contributed by atoms with Gasteiger partial charge >= 0.3 is 0 Å². The molecule has 0 radical (unpaired) electrons. The zero-order chi connectivity index (χ0) is 17.6. The summed E-state index contributed by atoms with van der Waals surface area (Å²) in [4.78, 5) is 14.7. The highest BCUT2D eigenvalue weighted by molar-refractivity contribution is 8.22. The molecule has 0 saturated heterocycles. The van der Waals surface area contributed by atoms with E-state index >= 15 is 0 Å². The number of Topliss-reactive ketones (excluding diaryl/α,β-unsaturated/α-hetero) is 1. The third-order valence-corrected chi connectivity index (χ3v) is 5.37. The van der Waals surface area contributed by atoms with Crippen LogP contribution in [-0.4, -0.2) is 28.2 Å². The predicted molar refractivity (Wildman–Crippen MR) is 108 cm³/mol. The molecule has 0 aliphatic carbocycles. The quantitative estimate of drug-likeness (QED) is 0.552. The highest BCUT2D eigenvalue weighted by Gasteiger charge is 2.27. The SMILES string of the molecule is CCOC(=S)S[C@H]1c2ccccc2C=CN1CC(=O)c1ccccc1. The second kappa shape index (κ2) is 8.32. The summed E-state index contributed by atoms with van der Waals surface area (Å²) >= 11 is 6.79. The van der Waals surface area contributed by atoms with Crippen molar-refractivity contribution in [3.8, 4) is 0 Å². The van der Waals surface area contributed by atoms with Gasteiger partial charge in [-0.3, -0.25) is 4.79 Å². The van der Waals surface area contributed by atoms with Crippen LogP contribution in [0, 0.1) is 0 Å². The minimum Gasteiger partial charge on any atom is -0.479 e. The standard InChI is InChI=1S/C20H19NO2S2/c1-2-23-20(24)25-19-17-11-7-6-8-15(17)12-13-21(19)14-18(22)16-9-4-3-5-10-16/h3-13,19H,2,14H2,1H3/t19-/m0/s1. The van der Waals surface area contributed by atoms with E-state index in [1.807, 2.05) is 66.6 Å². The van der Waals surface area contributed by atoms with Crippen molar-refractivity contribution in [3.05, 3.63) is 77.5 Å². The first kappa shape index (κ1) is 17.7. The highest BCUT2D eigenvalue weighted by atomic mass is 32.2. The van der Waals surface area contributed by atoms with Gasteiger partial charge in [0, 0.05) is 11.8 Å². The van der Waals surface area contributed by atoms with Gasteiger partial charge in [-0.25, -0.2) is 0 Å². The molecule has 1 atom stereocenters. The van der Waals surface area contributed by atoms with E-state index in [2.05, 4.69) is 12.1 Å². The van der Waals surface area contributed by atoms with Crippen LogP contribution in [0.1, 0.15) is 33.8 Å². The number of hydrogen-bond donors (Lipinski definition) is 0. The van der Waals surface area contributed by atoms with Crippen LogP contribution in [-0.2, 0) is 4.74 Å². The summed E-state index contributed by atoms with van der Waals surface area (Å²) in [5, 5.41) is -0.0760. The maximum absolute atomic E-state index is 12.6. The molecule has 0 bridgehead atoms. The van der Waals surface area contributed by atoms with Gasteiger partial charge in [0.15, 0.2) is 5.78 Å². The van der Waals surface area contributed by atoms with Crippen LogP contribution in [0.3, 0.4) is 0 Å². The molecular weight excluding hydrogens is 350 g/mol. The topological polar surface area (TPSA) is 29.5 Å². The number of nitrogens with zero attached hydrogens (tertiary/aromatic N) is 1. The zero-order valence-electron chi connectivity index (χ0n) is 13.9. The number of ether oxygens (including phenoxy) is 1. The summed E-state index contributed by atoms with van der Waals surface area (Å²) in [6, 6.07) is 17.5. The molecule has 1 aliphatic rings. The molecule has 0 amide bonds. The molecule has 0 unspecified atom stereocenters. The van der Waals surface area contributed by atoms with Crippen LogP contribution in [0.25, 0.3) is 6.08 Å². The van der Waals surface area contributed by atoms with Crippen molar-refractivity contribution >= 4 is 40.2 Å². The monoisotopic (exact) mass is 369 g/mol. The first-order valence-corrected chi connectivity index (χ1v) is 9.42. The van der Waals surface area contributed by atoms with Gasteiger partial charge in [-0.2, -0.15) is 0 Å². The average Bonchev–Trinajstić information content (AvgIpc) is 2.64. The molecule has 0 saturated carbocycles.